The minimum absolute atomic E-state index is 0.0883. The number of nitrogens with zero attached hydrogens (tertiary/aromatic N) is 1. The average molecular weight is 326 g/mol. The highest BCUT2D eigenvalue weighted by Crippen LogP contribution is 2.24. The second-order valence-corrected chi connectivity index (χ2v) is 6.64. The van der Waals surface area contributed by atoms with Gasteiger partial charge in [-0.1, -0.05) is 36.4 Å². The minimum Gasteiger partial charge on any atom is -0.325 e. The van der Waals surface area contributed by atoms with Crippen molar-refractivity contribution in [3.8, 4) is 0 Å². The summed E-state index contributed by atoms with van der Waals surface area (Å²) in [5.74, 6) is 0.0883. The lowest BCUT2D eigenvalue weighted by molar-refractivity contribution is -0.116. The van der Waals surface area contributed by atoms with Crippen molar-refractivity contribution in [2.75, 3.05) is 24.7 Å². The van der Waals surface area contributed by atoms with Gasteiger partial charge in [0.05, 0.1) is 5.69 Å². The van der Waals surface area contributed by atoms with E-state index in [1.54, 1.807) is 11.8 Å². The Morgan fingerprint density at radius 3 is 2.70 bits per heavy atom. The second-order valence-electron chi connectivity index (χ2n) is 5.79. The summed E-state index contributed by atoms with van der Waals surface area (Å²) in [6.07, 6.45) is 3.63. The Morgan fingerprint density at radius 2 is 1.87 bits per heavy atom. The van der Waals surface area contributed by atoms with Crippen molar-refractivity contribution < 1.29 is 4.79 Å². The van der Waals surface area contributed by atoms with E-state index in [4.69, 9.17) is 0 Å². The van der Waals surface area contributed by atoms with Crippen LogP contribution in [0.3, 0.4) is 0 Å². The summed E-state index contributed by atoms with van der Waals surface area (Å²) in [5.41, 5.74) is 3.75. The molecule has 120 valence electrons. The fourth-order valence-corrected chi connectivity index (χ4v) is 3.52. The van der Waals surface area contributed by atoms with Gasteiger partial charge in [-0.15, -0.1) is 11.8 Å². The summed E-state index contributed by atoms with van der Waals surface area (Å²) in [6, 6.07) is 16.5. The lowest BCUT2D eigenvalue weighted by atomic mass is 10.00. The maximum Gasteiger partial charge on any atom is 0.225 e. The standard InChI is InChI=1S/C19H22N2OS/c1-23-18-9-5-4-8-17(18)20-19(22)11-13-21-12-10-15-6-2-3-7-16(15)14-21/h2-9H,10-14H2,1H3,(H,20,22). The van der Waals surface area contributed by atoms with Gasteiger partial charge in [-0.3, -0.25) is 9.69 Å². The van der Waals surface area contributed by atoms with E-state index in [0.717, 1.165) is 36.6 Å². The smallest absolute Gasteiger partial charge is 0.225 e. The lowest BCUT2D eigenvalue weighted by Crippen LogP contribution is -2.33. The summed E-state index contributed by atoms with van der Waals surface area (Å²) >= 11 is 1.65. The molecule has 0 saturated carbocycles. The molecule has 0 spiro atoms. The van der Waals surface area contributed by atoms with Crippen LogP contribution >= 0.6 is 11.8 Å². The molecule has 1 N–H and O–H groups in total. The summed E-state index contributed by atoms with van der Waals surface area (Å²) in [7, 11) is 0. The van der Waals surface area contributed by atoms with Crippen LogP contribution in [0.15, 0.2) is 53.4 Å². The van der Waals surface area contributed by atoms with Gasteiger partial charge in [-0.05, 0) is 35.9 Å². The molecule has 1 heterocycles. The first kappa shape index (κ1) is 16.1. The number of hydrogen-bond acceptors (Lipinski definition) is 3. The molecule has 3 rings (SSSR count). The van der Waals surface area contributed by atoms with Crippen molar-refractivity contribution in [2.24, 2.45) is 0 Å². The van der Waals surface area contributed by atoms with E-state index in [-0.39, 0.29) is 5.91 Å². The quantitative estimate of drug-likeness (QED) is 0.848. The van der Waals surface area contributed by atoms with Crippen LogP contribution in [0.4, 0.5) is 5.69 Å². The van der Waals surface area contributed by atoms with Gasteiger partial charge in [0.2, 0.25) is 5.91 Å². The summed E-state index contributed by atoms with van der Waals surface area (Å²) in [5, 5.41) is 3.03. The lowest BCUT2D eigenvalue weighted by Gasteiger charge is -2.28. The predicted octanol–water partition coefficient (Wildman–Crippen LogP) is 3.80. The number of benzene rings is 2. The van der Waals surface area contributed by atoms with Crippen LogP contribution in [0.25, 0.3) is 0 Å². The fourth-order valence-electron chi connectivity index (χ4n) is 2.97. The number of para-hydroxylation sites is 1. The third-order valence-electron chi connectivity index (χ3n) is 4.25. The Labute approximate surface area is 142 Å². The highest BCUT2D eigenvalue weighted by Gasteiger charge is 2.16. The third-order valence-corrected chi connectivity index (χ3v) is 5.04. The number of nitrogens with one attached hydrogen (secondary N) is 1. The van der Waals surface area contributed by atoms with Gasteiger partial charge in [-0.2, -0.15) is 0 Å². The average Bonchev–Trinajstić information content (AvgIpc) is 2.60. The molecular formula is C19H22N2OS. The van der Waals surface area contributed by atoms with E-state index in [2.05, 4.69) is 34.5 Å². The van der Waals surface area contributed by atoms with Crippen LogP contribution in [0.1, 0.15) is 17.5 Å². The molecule has 3 nitrogen and oxygen atoms in total. The second kappa shape index (κ2) is 7.66. The molecule has 2 aromatic rings. The predicted molar refractivity (Wildman–Crippen MR) is 96.9 cm³/mol. The van der Waals surface area contributed by atoms with Crippen molar-refractivity contribution >= 4 is 23.4 Å². The molecule has 0 bridgehead atoms. The van der Waals surface area contributed by atoms with Crippen LogP contribution in [0.5, 0.6) is 0 Å². The van der Waals surface area contributed by atoms with E-state index in [1.807, 2.05) is 30.5 Å². The Kier molecular flexibility index (Phi) is 5.36. The van der Waals surface area contributed by atoms with Crippen LogP contribution < -0.4 is 5.32 Å². The van der Waals surface area contributed by atoms with Gasteiger partial charge in [0.25, 0.3) is 0 Å². The zero-order valence-electron chi connectivity index (χ0n) is 13.4. The number of fused-ring (bicyclic) bond motifs is 1. The molecule has 0 saturated heterocycles. The Morgan fingerprint density at radius 1 is 1.13 bits per heavy atom. The molecule has 0 aliphatic carbocycles. The number of anilines is 1. The Hall–Kier alpha value is -1.78. The zero-order chi connectivity index (χ0) is 16.1. The normalized spacial score (nSPS) is 14.3. The topological polar surface area (TPSA) is 32.3 Å². The number of thioether (sulfide) groups is 1. The van der Waals surface area contributed by atoms with Crippen LogP contribution in [0, 0.1) is 0 Å². The zero-order valence-corrected chi connectivity index (χ0v) is 14.2. The summed E-state index contributed by atoms with van der Waals surface area (Å²) in [4.78, 5) is 15.7. The van der Waals surface area contributed by atoms with Gasteiger partial charge < -0.3 is 5.32 Å². The van der Waals surface area contributed by atoms with Crippen molar-refractivity contribution in [1.82, 2.24) is 4.90 Å². The highest BCUT2D eigenvalue weighted by molar-refractivity contribution is 7.98. The summed E-state index contributed by atoms with van der Waals surface area (Å²) in [6.45, 7) is 2.79. The van der Waals surface area contributed by atoms with E-state index >= 15 is 0 Å². The minimum atomic E-state index is 0.0883. The third kappa shape index (κ3) is 4.15. The number of rotatable bonds is 5. The van der Waals surface area contributed by atoms with Crippen LogP contribution in [-0.4, -0.2) is 30.2 Å². The number of amides is 1. The maximum absolute atomic E-state index is 12.2. The largest absolute Gasteiger partial charge is 0.325 e. The van der Waals surface area contributed by atoms with Gasteiger partial charge in [0.1, 0.15) is 0 Å². The molecule has 1 aliphatic rings. The molecule has 23 heavy (non-hydrogen) atoms. The molecule has 0 atom stereocenters. The van der Waals surface area contributed by atoms with Gasteiger partial charge in [0, 0.05) is 31.0 Å². The van der Waals surface area contributed by atoms with Crippen molar-refractivity contribution in [3.05, 3.63) is 59.7 Å². The molecule has 1 amide bonds. The van der Waals surface area contributed by atoms with E-state index in [0.29, 0.717) is 6.42 Å². The number of carbonyl (C=O) groups is 1. The first-order chi connectivity index (χ1) is 11.3. The van der Waals surface area contributed by atoms with Crippen LogP contribution in [0.2, 0.25) is 0 Å². The number of carbonyl (C=O) groups excluding carboxylic acids is 1. The highest BCUT2D eigenvalue weighted by atomic mass is 32.2. The molecule has 2 aromatic carbocycles. The number of hydrogen-bond donors (Lipinski definition) is 1. The fraction of sp³-hybridized carbons (Fsp3) is 0.316. The van der Waals surface area contributed by atoms with E-state index in [1.165, 1.54) is 11.1 Å². The van der Waals surface area contributed by atoms with E-state index in [9.17, 15) is 4.79 Å². The van der Waals surface area contributed by atoms with Gasteiger partial charge >= 0.3 is 0 Å². The SMILES string of the molecule is CSc1ccccc1NC(=O)CCN1CCc2ccccc2C1. The molecule has 0 radical (unpaired) electrons. The van der Waals surface area contributed by atoms with Crippen molar-refractivity contribution in [3.63, 3.8) is 0 Å². The monoisotopic (exact) mass is 326 g/mol. The van der Waals surface area contributed by atoms with Gasteiger partial charge in [0.15, 0.2) is 0 Å². The molecule has 0 fully saturated rings. The van der Waals surface area contributed by atoms with E-state index < -0.39 is 0 Å². The Bertz CT molecular complexity index is 687. The molecular weight excluding hydrogens is 304 g/mol. The van der Waals surface area contributed by atoms with Crippen LogP contribution in [-0.2, 0) is 17.8 Å². The molecule has 0 aromatic heterocycles. The van der Waals surface area contributed by atoms with Crippen molar-refractivity contribution in [2.45, 2.75) is 24.3 Å². The first-order valence-corrected chi connectivity index (χ1v) is 9.21. The Balaban J connectivity index is 1.52. The molecule has 0 unspecified atom stereocenters. The molecule has 4 heteroatoms. The summed E-state index contributed by atoms with van der Waals surface area (Å²) < 4.78 is 0. The maximum atomic E-state index is 12.2. The molecule has 1 aliphatic heterocycles. The van der Waals surface area contributed by atoms with Gasteiger partial charge in [-0.25, -0.2) is 0 Å². The first-order valence-electron chi connectivity index (χ1n) is 7.98. The van der Waals surface area contributed by atoms with Crippen molar-refractivity contribution in [1.29, 1.82) is 0 Å².